The minimum Gasteiger partial charge on any atom is -0.507 e. The molecule has 5 nitrogen and oxygen atoms in total. The summed E-state index contributed by atoms with van der Waals surface area (Å²) in [6.45, 7) is 5.20. The van der Waals surface area contributed by atoms with Gasteiger partial charge in [-0.2, -0.15) is 0 Å². The van der Waals surface area contributed by atoms with E-state index in [1.807, 2.05) is 37.3 Å². The van der Waals surface area contributed by atoms with Crippen molar-refractivity contribution in [2.24, 2.45) is 0 Å². The number of aliphatic hydroxyl groups excluding tert-OH is 1. The SMILES string of the molecule is CCCCCOc1ccc(/C(O)=C2/C(=O)C(=O)N(CCC)C2c2ccccc2)cc1. The first-order valence-electron chi connectivity index (χ1n) is 10.6. The number of aliphatic hydroxyl groups is 1. The van der Waals surface area contributed by atoms with Gasteiger partial charge >= 0.3 is 0 Å². The minimum atomic E-state index is -0.644. The van der Waals surface area contributed by atoms with Crippen LogP contribution < -0.4 is 4.74 Å². The van der Waals surface area contributed by atoms with Crippen molar-refractivity contribution in [1.82, 2.24) is 4.90 Å². The Morgan fingerprint density at radius 2 is 1.67 bits per heavy atom. The first-order valence-corrected chi connectivity index (χ1v) is 10.6. The average Bonchev–Trinajstić information content (AvgIpc) is 3.02. The van der Waals surface area contributed by atoms with Crippen molar-refractivity contribution in [2.75, 3.05) is 13.2 Å². The molecule has 1 unspecified atom stereocenters. The van der Waals surface area contributed by atoms with Crippen LogP contribution in [0.15, 0.2) is 60.2 Å². The van der Waals surface area contributed by atoms with E-state index >= 15 is 0 Å². The van der Waals surface area contributed by atoms with Crippen molar-refractivity contribution < 1.29 is 19.4 Å². The van der Waals surface area contributed by atoms with Crippen molar-refractivity contribution in [3.63, 3.8) is 0 Å². The molecule has 3 rings (SSSR count). The number of Topliss-reactive ketones (excluding diaryl/α,β-unsaturated/α-hetero) is 1. The normalized spacial score (nSPS) is 18.1. The Hall–Kier alpha value is -3.08. The zero-order valence-corrected chi connectivity index (χ0v) is 17.6. The van der Waals surface area contributed by atoms with Gasteiger partial charge in [0.25, 0.3) is 11.7 Å². The number of nitrogens with zero attached hydrogens (tertiary/aromatic N) is 1. The highest BCUT2D eigenvalue weighted by Gasteiger charge is 2.45. The summed E-state index contributed by atoms with van der Waals surface area (Å²) in [6.07, 6.45) is 3.97. The molecule has 0 bridgehead atoms. The molecule has 1 atom stereocenters. The Labute approximate surface area is 178 Å². The molecule has 1 aliphatic heterocycles. The standard InChI is InChI=1S/C25H29NO4/c1-3-5-9-17-30-20-14-12-19(13-15-20)23(27)21-22(18-10-7-6-8-11-18)26(16-4-2)25(29)24(21)28/h6-8,10-15,22,27H,3-5,9,16-17H2,1-2H3/b23-21-. The third-order valence-electron chi connectivity index (χ3n) is 5.26. The van der Waals surface area contributed by atoms with Gasteiger partial charge in [0.2, 0.25) is 0 Å². The quantitative estimate of drug-likeness (QED) is 0.272. The number of carbonyl (C=O) groups excluding carboxylic acids is 2. The molecule has 5 heteroatoms. The van der Waals surface area contributed by atoms with Gasteiger partial charge in [-0.25, -0.2) is 0 Å². The third kappa shape index (κ3) is 4.56. The molecule has 158 valence electrons. The predicted octanol–water partition coefficient (Wildman–Crippen LogP) is 5.09. The molecule has 2 aromatic carbocycles. The van der Waals surface area contributed by atoms with E-state index < -0.39 is 17.7 Å². The van der Waals surface area contributed by atoms with Gasteiger partial charge in [-0.05, 0) is 42.7 Å². The lowest BCUT2D eigenvalue weighted by Crippen LogP contribution is -2.30. The third-order valence-corrected chi connectivity index (χ3v) is 5.26. The minimum absolute atomic E-state index is 0.135. The van der Waals surface area contributed by atoms with Crippen molar-refractivity contribution in [3.05, 3.63) is 71.3 Å². The summed E-state index contributed by atoms with van der Waals surface area (Å²) in [5.41, 5.74) is 1.44. The fourth-order valence-electron chi connectivity index (χ4n) is 3.74. The summed E-state index contributed by atoms with van der Waals surface area (Å²) in [5.74, 6) is -0.648. The maximum absolute atomic E-state index is 12.8. The van der Waals surface area contributed by atoms with Crippen molar-refractivity contribution in [3.8, 4) is 5.75 Å². The van der Waals surface area contributed by atoms with Crippen LogP contribution in [0.4, 0.5) is 0 Å². The van der Waals surface area contributed by atoms with Crippen LogP contribution in [0.1, 0.15) is 56.7 Å². The number of unbranched alkanes of at least 4 members (excludes halogenated alkanes) is 2. The first kappa shape index (κ1) is 21.6. The predicted molar refractivity (Wildman–Crippen MR) is 117 cm³/mol. The molecular weight excluding hydrogens is 378 g/mol. The second-order valence-corrected chi connectivity index (χ2v) is 7.48. The van der Waals surface area contributed by atoms with E-state index in [1.54, 1.807) is 29.2 Å². The van der Waals surface area contributed by atoms with Crippen LogP contribution in [-0.2, 0) is 9.59 Å². The summed E-state index contributed by atoms with van der Waals surface area (Å²) in [6, 6.07) is 15.8. The first-order chi connectivity index (χ1) is 14.6. The number of benzene rings is 2. The van der Waals surface area contributed by atoms with Crippen LogP contribution in [0, 0.1) is 0 Å². The lowest BCUT2D eigenvalue weighted by atomic mass is 9.95. The fourth-order valence-corrected chi connectivity index (χ4v) is 3.74. The molecule has 30 heavy (non-hydrogen) atoms. The molecule has 0 aromatic heterocycles. The fraction of sp³-hybridized carbons (Fsp3) is 0.360. The summed E-state index contributed by atoms with van der Waals surface area (Å²) < 4.78 is 5.72. The second kappa shape index (κ2) is 10.1. The number of ether oxygens (including phenoxy) is 1. The number of ketones is 1. The number of likely N-dealkylation sites (tertiary alicyclic amines) is 1. The molecule has 1 aliphatic rings. The molecular formula is C25H29NO4. The van der Waals surface area contributed by atoms with Crippen LogP contribution in [-0.4, -0.2) is 34.8 Å². The lowest BCUT2D eigenvalue weighted by molar-refractivity contribution is -0.139. The Morgan fingerprint density at radius 1 is 0.967 bits per heavy atom. The van der Waals surface area contributed by atoms with Gasteiger partial charge in [0.15, 0.2) is 0 Å². The molecule has 0 aliphatic carbocycles. The van der Waals surface area contributed by atoms with Gasteiger partial charge in [-0.3, -0.25) is 9.59 Å². The molecule has 2 aromatic rings. The Kier molecular flexibility index (Phi) is 7.28. The summed E-state index contributed by atoms with van der Waals surface area (Å²) in [5, 5.41) is 11.0. The summed E-state index contributed by atoms with van der Waals surface area (Å²) in [4.78, 5) is 27.0. The molecule has 1 N–H and O–H groups in total. The van der Waals surface area contributed by atoms with Crippen molar-refractivity contribution in [1.29, 1.82) is 0 Å². The molecule has 1 saturated heterocycles. The average molecular weight is 408 g/mol. The highest BCUT2D eigenvalue weighted by atomic mass is 16.5. The maximum atomic E-state index is 12.8. The molecule has 1 heterocycles. The van der Waals surface area contributed by atoms with E-state index in [4.69, 9.17) is 4.74 Å². The molecule has 0 spiro atoms. The highest BCUT2D eigenvalue weighted by Crippen LogP contribution is 2.39. The summed E-state index contributed by atoms with van der Waals surface area (Å²) >= 11 is 0. The van der Waals surface area contributed by atoms with Crippen LogP contribution >= 0.6 is 0 Å². The van der Waals surface area contributed by atoms with Crippen LogP contribution in [0.25, 0.3) is 5.76 Å². The zero-order valence-electron chi connectivity index (χ0n) is 17.6. The van der Waals surface area contributed by atoms with Gasteiger partial charge in [0, 0.05) is 12.1 Å². The van der Waals surface area contributed by atoms with Crippen molar-refractivity contribution >= 4 is 17.4 Å². The van der Waals surface area contributed by atoms with Gasteiger partial charge in [0.05, 0.1) is 18.2 Å². The lowest BCUT2D eigenvalue weighted by Gasteiger charge is -2.24. The number of hydrogen-bond donors (Lipinski definition) is 1. The largest absolute Gasteiger partial charge is 0.507 e. The molecule has 0 saturated carbocycles. The molecule has 0 radical (unpaired) electrons. The number of hydrogen-bond acceptors (Lipinski definition) is 4. The summed E-state index contributed by atoms with van der Waals surface area (Å²) in [7, 11) is 0. The Bertz CT molecular complexity index is 903. The van der Waals surface area contributed by atoms with Crippen LogP contribution in [0.3, 0.4) is 0 Å². The van der Waals surface area contributed by atoms with E-state index in [0.717, 1.165) is 31.2 Å². The van der Waals surface area contributed by atoms with Gasteiger partial charge in [-0.1, -0.05) is 57.0 Å². The zero-order chi connectivity index (χ0) is 21.5. The maximum Gasteiger partial charge on any atom is 0.295 e. The van der Waals surface area contributed by atoms with Crippen LogP contribution in [0.5, 0.6) is 5.75 Å². The van der Waals surface area contributed by atoms with Crippen LogP contribution in [0.2, 0.25) is 0 Å². The Morgan fingerprint density at radius 3 is 2.30 bits per heavy atom. The van der Waals surface area contributed by atoms with E-state index in [2.05, 4.69) is 6.92 Å². The molecule has 1 amide bonds. The number of rotatable bonds is 9. The van der Waals surface area contributed by atoms with Gasteiger partial charge < -0.3 is 14.7 Å². The van der Waals surface area contributed by atoms with E-state index in [-0.39, 0.29) is 11.3 Å². The topological polar surface area (TPSA) is 66.8 Å². The number of amides is 1. The second-order valence-electron chi connectivity index (χ2n) is 7.48. The van der Waals surface area contributed by atoms with Crippen molar-refractivity contribution in [2.45, 2.75) is 45.6 Å². The van der Waals surface area contributed by atoms with Gasteiger partial charge in [-0.15, -0.1) is 0 Å². The van der Waals surface area contributed by atoms with Gasteiger partial charge in [0.1, 0.15) is 11.5 Å². The Balaban J connectivity index is 1.93. The van der Waals surface area contributed by atoms with E-state index in [0.29, 0.717) is 24.5 Å². The number of carbonyl (C=O) groups is 2. The monoisotopic (exact) mass is 407 g/mol. The highest BCUT2D eigenvalue weighted by molar-refractivity contribution is 6.46. The molecule has 1 fully saturated rings. The van der Waals surface area contributed by atoms with E-state index in [1.165, 1.54) is 0 Å². The van der Waals surface area contributed by atoms with E-state index in [9.17, 15) is 14.7 Å². The smallest absolute Gasteiger partial charge is 0.295 e.